The van der Waals surface area contributed by atoms with Gasteiger partial charge in [-0.15, -0.1) is 11.6 Å². The average Bonchev–Trinajstić information content (AvgIpc) is 2.39. The Kier molecular flexibility index (Phi) is 6.93. The molecule has 0 aliphatic carbocycles. The first-order valence-electron chi connectivity index (χ1n) is 5.56. The predicted molar refractivity (Wildman–Crippen MR) is 69.8 cm³/mol. The Hall–Kier alpha value is -0.840. The van der Waals surface area contributed by atoms with Crippen molar-refractivity contribution in [3.05, 3.63) is 23.9 Å². The minimum Gasteiger partial charge on any atom is -0.383 e. The number of alkyl halides is 1. The highest BCUT2D eigenvalue weighted by atomic mass is 35.5. The fraction of sp³-hybridized carbons (Fsp3) is 0.583. The normalized spacial score (nSPS) is 10.5. The number of halogens is 1. The third-order valence-corrected chi connectivity index (χ3v) is 2.73. The number of hydrogen-bond donors (Lipinski definition) is 0. The number of aromatic nitrogens is 1. The lowest BCUT2D eigenvalue weighted by Crippen LogP contribution is -2.32. The summed E-state index contributed by atoms with van der Waals surface area (Å²) in [5.74, 6) is 1.37. The molecule has 0 fully saturated rings. The van der Waals surface area contributed by atoms with E-state index in [0.29, 0.717) is 19.1 Å². The molecule has 0 unspecified atom stereocenters. The van der Waals surface area contributed by atoms with Crippen LogP contribution < -0.4 is 4.90 Å². The molecular weight excluding hydrogens is 240 g/mol. The van der Waals surface area contributed by atoms with Gasteiger partial charge in [0.25, 0.3) is 0 Å². The van der Waals surface area contributed by atoms with Crippen LogP contribution in [0.1, 0.15) is 5.56 Å². The van der Waals surface area contributed by atoms with E-state index in [1.54, 1.807) is 20.4 Å². The van der Waals surface area contributed by atoms with Gasteiger partial charge in [0.2, 0.25) is 0 Å². The summed E-state index contributed by atoms with van der Waals surface area (Å²) in [7, 11) is 3.38. The Bertz CT molecular complexity index is 315. The van der Waals surface area contributed by atoms with Crippen LogP contribution in [0.25, 0.3) is 0 Å². The Labute approximate surface area is 107 Å². The lowest BCUT2D eigenvalue weighted by Gasteiger charge is -2.24. The third kappa shape index (κ3) is 4.50. The number of pyridine rings is 1. The molecule has 0 aliphatic heterocycles. The number of rotatable bonds is 8. The van der Waals surface area contributed by atoms with Crippen molar-refractivity contribution in [3.8, 4) is 0 Å². The molecule has 0 N–H and O–H groups in total. The second-order valence-electron chi connectivity index (χ2n) is 3.59. The van der Waals surface area contributed by atoms with Crippen LogP contribution in [0, 0.1) is 0 Å². The Balaban J connectivity index is 2.78. The minimum absolute atomic E-state index is 0.458. The topological polar surface area (TPSA) is 34.6 Å². The first kappa shape index (κ1) is 14.2. The van der Waals surface area contributed by atoms with Gasteiger partial charge in [-0.2, -0.15) is 0 Å². The summed E-state index contributed by atoms with van der Waals surface area (Å²) in [6.07, 6.45) is 1.78. The zero-order valence-corrected chi connectivity index (χ0v) is 11.1. The van der Waals surface area contributed by atoms with E-state index in [1.165, 1.54) is 0 Å². The van der Waals surface area contributed by atoms with E-state index in [1.807, 2.05) is 12.1 Å². The Morgan fingerprint density at radius 1 is 1.24 bits per heavy atom. The van der Waals surface area contributed by atoms with E-state index < -0.39 is 0 Å². The van der Waals surface area contributed by atoms with Crippen molar-refractivity contribution < 1.29 is 9.47 Å². The molecule has 4 nitrogen and oxygen atoms in total. The maximum Gasteiger partial charge on any atom is 0.133 e. The molecule has 0 bridgehead atoms. The number of methoxy groups -OCH3 is 2. The molecule has 0 saturated heterocycles. The molecule has 0 spiro atoms. The Morgan fingerprint density at radius 2 is 1.88 bits per heavy atom. The first-order chi connectivity index (χ1) is 8.33. The number of nitrogens with zero attached hydrogens (tertiary/aromatic N) is 2. The maximum atomic E-state index is 5.92. The van der Waals surface area contributed by atoms with Gasteiger partial charge in [-0.25, -0.2) is 4.98 Å². The second-order valence-corrected chi connectivity index (χ2v) is 3.86. The van der Waals surface area contributed by atoms with Crippen molar-refractivity contribution in [2.24, 2.45) is 0 Å². The van der Waals surface area contributed by atoms with Crippen LogP contribution in [0.3, 0.4) is 0 Å². The molecule has 5 heteroatoms. The van der Waals surface area contributed by atoms with Crippen LogP contribution >= 0.6 is 11.6 Å². The molecule has 0 aliphatic rings. The quantitative estimate of drug-likeness (QED) is 0.668. The number of anilines is 1. The van der Waals surface area contributed by atoms with Crippen LogP contribution in [0.5, 0.6) is 0 Å². The fourth-order valence-corrected chi connectivity index (χ4v) is 1.75. The zero-order chi connectivity index (χ0) is 12.5. The van der Waals surface area contributed by atoms with Gasteiger partial charge in [0, 0.05) is 39.1 Å². The third-order valence-electron chi connectivity index (χ3n) is 2.44. The molecule has 0 saturated carbocycles. The van der Waals surface area contributed by atoms with E-state index in [9.17, 15) is 0 Å². The summed E-state index contributed by atoms with van der Waals surface area (Å²) in [4.78, 5) is 6.52. The zero-order valence-electron chi connectivity index (χ0n) is 10.4. The van der Waals surface area contributed by atoms with Crippen LogP contribution in [0.2, 0.25) is 0 Å². The summed E-state index contributed by atoms with van der Waals surface area (Å²) in [6, 6.07) is 3.88. The molecule has 0 aromatic carbocycles. The van der Waals surface area contributed by atoms with E-state index in [-0.39, 0.29) is 0 Å². The maximum absolute atomic E-state index is 5.92. The van der Waals surface area contributed by atoms with Crippen molar-refractivity contribution in [2.45, 2.75) is 5.88 Å². The largest absolute Gasteiger partial charge is 0.383 e. The highest BCUT2D eigenvalue weighted by Crippen LogP contribution is 2.18. The standard InChI is InChI=1S/C12H19ClN2O2/c1-16-8-6-15(7-9-17-2)12-11(10-13)4-3-5-14-12/h3-5H,6-10H2,1-2H3. The summed E-state index contributed by atoms with van der Waals surface area (Å²) in [5.41, 5.74) is 1.03. The van der Waals surface area contributed by atoms with Gasteiger partial charge in [0.1, 0.15) is 5.82 Å². The Morgan fingerprint density at radius 3 is 2.41 bits per heavy atom. The molecule has 0 atom stereocenters. The van der Waals surface area contributed by atoms with Gasteiger partial charge >= 0.3 is 0 Å². The van der Waals surface area contributed by atoms with Gasteiger partial charge in [-0.1, -0.05) is 6.07 Å². The molecule has 17 heavy (non-hydrogen) atoms. The molecule has 1 heterocycles. The van der Waals surface area contributed by atoms with E-state index in [2.05, 4.69) is 9.88 Å². The number of hydrogen-bond acceptors (Lipinski definition) is 4. The van der Waals surface area contributed by atoms with Gasteiger partial charge < -0.3 is 14.4 Å². The minimum atomic E-state index is 0.458. The molecular formula is C12H19ClN2O2. The van der Waals surface area contributed by atoms with Crippen LogP contribution in [0.15, 0.2) is 18.3 Å². The lowest BCUT2D eigenvalue weighted by atomic mass is 10.2. The molecule has 1 aromatic heterocycles. The lowest BCUT2D eigenvalue weighted by molar-refractivity contribution is 0.190. The van der Waals surface area contributed by atoms with Crippen LogP contribution in [-0.4, -0.2) is 45.5 Å². The monoisotopic (exact) mass is 258 g/mol. The summed E-state index contributed by atoms with van der Waals surface area (Å²) in [5, 5.41) is 0. The van der Waals surface area contributed by atoms with Crippen LogP contribution in [-0.2, 0) is 15.4 Å². The van der Waals surface area contributed by atoms with Gasteiger partial charge in [-0.05, 0) is 6.07 Å². The van der Waals surface area contributed by atoms with Crippen molar-refractivity contribution in [3.63, 3.8) is 0 Å². The molecule has 0 amide bonds. The highest BCUT2D eigenvalue weighted by molar-refractivity contribution is 6.17. The van der Waals surface area contributed by atoms with Gasteiger partial charge in [0.05, 0.1) is 19.1 Å². The van der Waals surface area contributed by atoms with Crippen molar-refractivity contribution in [1.82, 2.24) is 4.98 Å². The van der Waals surface area contributed by atoms with Crippen molar-refractivity contribution in [1.29, 1.82) is 0 Å². The van der Waals surface area contributed by atoms with E-state index in [4.69, 9.17) is 21.1 Å². The average molecular weight is 259 g/mol. The smallest absolute Gasteiger partial charge is 0.133 e. The van der Waals surface area contributed by atoms with Crippen LogP contribution in [0.4, 0.5) is 5.82 Å². The van der Waals surface area contributed by atoms with E-state index >= 15 is 0 Å². The van der Waals surface area contributed by atoms with Gasteiger partial charge in [0.15, 0.2) is 0 Å². The summed E-state index contributed by atoms with van der Waals surface area (Å²) >= 11 is 5.92. The SMILES string of the molecule is COCCN(CCOC)c1ncccc1CCl. The summed E-state index contributed by atoms with van der Waals surface area (Å²) in [6.45, 7) is 2.87. The molecule has 0 radical (unpaired) electrons. The predicted octanol–water partition coefficient (Wildman–Crippen LogP) is 1.92. The highest BCUT2D eigenvalue weighted by Gasteiger charge is 2.11. The molecule has 96 valence electrons. The van der Waals surface area contributed by atoms with Gasteiger partial charge in [-0.3, -0.25) is 0 Å². The second kappa shape index (κ2) is 8.28. The number of ether oxygens (including phenoxy) is 2. The summed E-state index contributed by atoms with van der Waals surface area (Å²) < 4.78 is 10.2. The van der Waals surface area contributed by atoms with Crippen molar-refractivity contribution >= 4 is 17.4 Å². The van der Waals surface area contributed by atoms with E-state index in [0.717, 1.165) is 24.5 Å². The van der Waals surface area contributed by atoms with Crippen molar-refractivity contribution in [2.75, 3.05) is 45.4 Å². The molecule has 1 aromatic rings. The molecule has 1 rings (SSSR count). The fourth-order valence-electron chi connectivity index (χ4n) is 1.55. The first-order valence-corrected chi connectivity index (χ1v) is 6.09.